The molecule has 0 N–H and O–H groups in total. The summed E-state index contributed by atoms with van der Waals surface area (Å²) >= 11 is 0. The maximum absolute atomic E-state index is 6.05. The van der Waals surface area contributed by atoms with E-state index in [9.17, 15) is 0 Å². The van der Waals surface area contributed by atoms with Gasteiger partial charge in [0.05, 0.1) is 13.2 Å². The van der Waals surface area contributed by atoms with Gasteiger partial charge in [0.15, 0.2) is 0 Å². The Kier molecular flexibility index (Phi) is 8.90. The molecule has 0 radical (unpaired) electrons. The predicted octanol–water partition coefficient (Wildman–Crippen LogP) is 3.11. The molecular formula is C14H30O4Si. The van der Waals surface area contributed by atoms with Crippen molar-refractivity contribution in [2.75, 3.05) is 33.0 Å². The Bertz CT molecular complexity index is 215. The number of ether oxygens (including phenoxy) is 2. The molecule has 0 amide bonds. The Labute approximate surface area is 119 Å². The zero-order chi connectivity index (χ0) is 14.0. The van der Waals surface area contributed by atoms with Crippen molar-refractivity contribution in [3.05, 3.63) is 0 Å². The van der Waals surface area contributed by atoms with Gasteiger partial charge < -0.3 is 18.3 Å². The van der Waals surface area contributed by atoms with Gasteiger partial charge >= 0.3 is 8.56 Å². The van der Waals surface area contributed by atoms with E-state index in [-0.39, 0.29) is 0 Å². The molecule has 114 valence electrons. The van der Waals surface area contributed by atoms with Crippen molar-refractivity contribution in [3.63, 3.8) is 0 Å². The number of hydrogen-bond acceptors (Lipinski definition) is 4. The molecule has 0 aromatic rings. The van der Waals surface area contributed by atoms with Gasteiger partial charge in [-0.05, 0) is 32.4 Å². The molecule has 1 unspecified atom stereocenters. The minimum absolute atomic E-state index is 0.362. The summed E-state index contributed by atoms with van der Waals surface area (Å²) in [4.78, 5) is 0. The van der Waals surface area contributed by atoms with Crippen molar-refractivity contribution in [1.29, 1.82) is 0 Å². The molecule has 1 saturated heterocycles. The highest BCUT2D eigenvalue weighted by molar-refractivity contribution is 6.67. The number of epoxide rings is 1. The summed E-state index contributed by atoms with van der Waals surface area (Å²) in [5.41, 5.74) is 0. The van der Waals surface area contributed by atoms with Crippen molar-refractivity contribution in [3.8, 4) is 0 Å². The standard InChI is InChI=1S/C14H30O4Si/c1-4-7-10-19(17-5-2,18-6-3)11-8-9-15-12-14-13-16-14/h14H,4-13H2,1-3H3. The normalized spacial score (nSPS) is 18.8. The van der Waals surface area contributed by atoms with Crippen LogP contribution in [0, 0.1) is 0 Å². The van der Waals surface area contributed by atoms with Crippen LogP contribution in [0.1, 0.15) is 40.0 Å². The third-order valence-electron chi connectivity index (χ3n) is 3.28. The summed E-state index contributed by atoms with van der Waals surface area (Å²) in [6.45, 7) is 10.3. The van der Waals surface area contributed by atoms with Crippen molar-refractivity contribution < 1.29 is 18.3 Å². The Morgan fingerprint density at radius 1 is 1.05 bits per heavy atom. The molecule has 1 fully saturated rings. The molecule has 4 nitrogen and oxygen atoms in total. The molecule has 0 spiro atoms. The molecule has 0 saturated carbocycles. The van der Waals surface area contributed by atoms with Gasteiger partial charge in [-0.2, -0.15) is 0 Å². The molecule has 5 heteroatoms. The second-order valence-electron chi connectivity index (χ2n) is 5.01. The van der Waals surface area contributed by atoms with Crippen LogP contribution in [0.25, 0.3) is 0 Å². The first kappa shape index (κ1) is 17.1. The van der Waals surface area contributed by atoms with Crippen LogP contribution in [-0.2, 0) is 18.3 Å². The molecule has 1 atom stereocenters. The fraction of sp³-hybridized carbons (Fsp3) is 1.00. The molecule has 0 aliphatic carbocycles. The van der Waals surface area contributed by atoms with Crippen LogP contribution in [0.4, 0.5) is 0 Å². The van der Waals surface area contributed by atoms with E-state index in [0.717, 1.165) is 51.5 Å². The van der Waals surface area contributed by atoms with Crippen LogP contribution in [-0.4, -0.2) is 47.7 Å². The van der Waals surface area contributed by atoms with E-state index < -0.39 is 8.56 Å². The molecule has 0 bridgehead atoms. The van der Waals surface area contributed by atoms with Gasteiger partial charge in [-0.3, -0.25) is 0 Å². The molecule has 1 aliphatic rings. The third kappa shape index (κ3) is 7.42. The lowest BCUT2D eigenvalue weighted by atomic mass is 10.4. The number of hydrogen-bond donors (Lipinski definition) is 0. The summed E-state index contributed by atoms with van der Waals surface area (Å²) in [6, 6.07) is 2.15. The lowest BCUT2D eigenvalue weighted by molar-refractivity contribution is 0.112. The van der Waals surface area contributed by atoms with Crippen molar-refractivity contribution in [1.82, 2.24) is 0 Å². The first-order chi connectivity index (χ1) is 9.26. The fourth-order valence-electron chi connectivity index (χ4n) is 2.25. The number of rotatable bonds is 13. The summed E-state index contributed by atoms with van der Waals surface area (Å²) in [6.07, 6.45) is 3.79. The van der Waals surface area contributed by atoms with Crippen LogP contribution in [0.3, 0.4) is 0 Å². The van der Waals surface area contributed by atoms with Gasteiger partial charge in [0.1, 0.15) is 6.10 Å². The van der Waals surface area contributed by atoms with Crippen LogP contribution >= 0.6 is 0 Å². The van der Waals surface area contributed by atoms with Crippen LogP contribution in [0.5, 0.6) is 0 Å². The van der Waals surface area contributed by atoms with E-state index in [0.29, 0.717) is 6.10 Å². The van der Waals surface area contributed by atoms with Crippen LogP contribution in [0.2, 0.25) is 12.1 Å². The average Bonchev–Trinajstić information content (AvgIpc) is 3.21. The quantitative estimate of drug-likeness (QED) is 0.297. The molecule has 1 rings (SSSR count). The smallest absolute Gasteiger partial charge is 0.338 e. The van der Waals surface area contributed by atoms with Crippen molar-refractivity contribution in [2.24, 2.45) is 0 Å². The van der Waals surface area contributed by atoms with Crippen molar-refractivity contribution in [2.45, 2.75) is 58.2 Å². The van der Waals surface area contributed by atoms with Crippen molar-refractivity contribution >= 4 is 8.56 Å². The summed E-state index contributed by atoms with van der Waals surface area (Å²) < 4.78 is 22.8. The predicted molar refractivity (Wildman–Crippen MR) is 78.7 cm³/mol. The zero-order valence-corrected chi connectivity index (χ0v) is 13.8. The van der Waals surface area contributed by atoms with Crippen LogP contribution < -0.4 is 0 Å². The molecule has 19 heavy (non-hydrogen) atoms. The minimum Gasteiger partial charge on any atom is -0.394 e. The second kappa shape index (κ2) is 9.88. The van der Waals surface area contributed by atoms with E-state index in [1.165, 1.54) is 12.8 Å². The van der Waals surface area contributed by atoms with E-state index >= 15 is 0 Å². The summed E-state index contributed by atoms with van der Waals surface area (Å²) in [7, 11) is -1.99. The highest BCUT2D eigenvalue weighted by Gasteiger charge is 2.35. The first-order valence-electron chi connectivity index (χ1n) is 7.73. The van der Waals surface area contributed by atoms with Gasteiger partial charge in [-0.1, -0.05) is 19.8 Å². The average molecular weight is 290 g/mol. The Morgan fingerprint density at radius 2 is 1.68 bits per heavy atom. The van der Waals surface area contributed by atoms with E-state index in [1.807, 2.05) is 0 Å². The first-order valence-corrected chi connectivity index (χ1v) is 9.96. The zero-order valence-electron chi connectivity index (χ0n) is 12.8. The highest BCUT2D eigenvalue weighted by Crippen LogP contribution is 2.24. The van der Waals surface area contributed by atoms with Gasteiger partial charge in [0.2, 0.25) is 0 Å². The highest BCUT2D eigenvalue weighted by atomic mass is 28.4. The monoisotopic (exact) mass is 290 g/mol. The Balaban J connectivity index is 2.26. The lowest BCUT2D eigenvalue weighted by Gasteiger charge is -2.30. The van der Waals surface area contributed by atoms with E-state index in [1.54, 1.807) is 0 Å². The number of unbranched alkanes of at least 4 members (excludes halogenated alkanes) is 1. The molecular weight excluding hydrogens is 260 g/mol. The second-order valence-corrected chi connectivity index (χ2v) is 8.41. The lowest BCUT2D eigenvalue weighted by Crippen LogP contribution is -2.42. The summed E-state index contributed by atoms with van der Waals surface area (Å²) in [5.74, 6) is 0. The maximum atomic E-state index is 6.05. The van der Waals surface area contributed by atoms with Gasteiger partial charge in [-0.25, -0.2) is 0 Å². The molecule has 1 aliphatic heterocycles. The van der Waals surface area contributed by atoms with E-state index in [4.69, 9.17) is 18.3 Å². The maximum Gasteiger partial charge on any atom is 0.338 e. The Hall–Kier alpha value is 0.0569. The Morgan fingerprint density at radius 3 is 2.21 bits per heavy atom. The molecule has 0 aromatic carbocycles. The minimum atomic E-state index is -1.99. The summed E-state index contributed by atoms with van der Waals surface area (Å²) in [5, 5.41) is 0. The third-order valence-corrected chi connectivity index (χ3v) is 7.14. The molecule has 1 heterocycles. The van der Waals surface area contributed by atoms with Crippen LogP contribution in [0.15, 0.2) is 0 Å². The van der Waals surface area contributed by atoms with Gasteiger partial charge in [-0.15, -0.1) is 0 Å². The largest absolute Gasteiger partial charge is 0.394 e. The van der Waals surface area contributed by atoms with Gasteiger partial charge in [0.25, 0.3) is 0 Å². The van der Waals surface area contributed by atoms with Gasteiger partial charge in [0, 0.05) is 19.8 Å². The fourth-order valence-corrected chi connectivity index (χ4v) is 5.79. The molecule has 0 aromatic heterocycles. The SMILES string of the molecule is CCCC[Si](CCCOCC1CO1)(OCC)OCC. The van der Waals surface area contributed by atoms with E-state index in [2.05, 4.69) is 20.8 Å². The topological polar surface area (TPSA) is 40.2 Å².